The van der Waals surface area contributed by atoms with Gasteiger partial charge in [-0.3, -0.25) is 4.79 Å². The van der Waals surface area contributed by atoms with Gasteiger partial charge in [0.2, 0.25) is 0 Å². The van der Waals surface area contributed by atoms with Crippen molar-refractivity contribution < 1.29 is 4.79 Å². The summed E-state index contributed by atoms with van der Waals surface area (Å²) in [6.45, 7) is 4.91. The van der Waals surface area contributed by atoms with Gasteiger partial charge in [0.25, 0.3) is 5.91 Å². The van der Waals surface area contributed by atoms with Crippen LogP contribution < -0.4 is 10.6 Å². The molecule has 2 atom stereocenters. The molecule has 1 heterocycles. The third-order valence-electron chi connectivity index (χ3n) is 3.36. The molecule has 1 aromatic rings. The maximum atomic E-state index is 12.2. The van der Waals surface area contributed by atoms with Gasteiger partial charge < -0.3 is 10.6 Å². The maximum absolute atomic E-state index is 12.2. The van der Waals surface area contributed by atoms with E-state index in [4.69, 9.17) is 11.6 Å². The number of hydrogen-bond acceptors (Lipinski definition) is 3. The second kappa shape index (κ2) is 6.24. The minimum absolute atomic E-state index is 0.102. The highest BCUT2D eigenvalue weighted by atomic mass is 35.5. The van der Waals surface area contributed by atoms with Gasteiger partial charge in [0.15, 0.2) is 0 Å². The van der Waals surface area contributed by atoms with Crippen molar-refractivity contribution in [2.45, 2.75) is 39.2 Å². The van der Waals surface area contributed by atoms with Crippen LogP contribution in [0.4, 0.5) is 5.82 Å². The molecule has 0 saturated heterocycles. The number of aromatic nitrogens is 1. The van der Waals surface area contributed by atoms with Gasteiger partial charge in [0.1, 0.15) is 5.82 Å². The molecule has 2 unspecified atom stereocenters. The van der Waals surface area contributed by atoms with Crippen molar-refractivity contribution in [2.75, 3.05) is 11.9 Å². The fourth-order valence-electron chi connectivity index (χ4n) is 2.25. The van der Waals surface area contributed by atoms with E-state index < -0.39 is 0 Å². The van der Waals surface area contributed by atoms with Crippen LogP contribution in [0, 0.1) is 5.92 Å². The van der Waals surface area contributed by atoms with E-state index in [1.54, 1.807) is 6.07 Å². The van der Waals surface area contributed by atoms with Crippen molar-refractivity contribution in [2.24, 2.45) is 5.92 Å². The number of amides is 1. The van der Waals surface area contributed by atoms with Crippen LogP contribution in [0.15, 0.2) is 12.3 Å². The third kappa shape index (κ3) is 3.60. The summed E-state index contributed by atoms with van der Waals surface area (Å²) in [4.78, 5) is 16.3. The molecule has 0 radical (unpaired) electrons. The van der Waals surface area contributed by atoms with Crippen LogP contribution in [-0.4, -0.2) is 23.5 Å². The average molecular weight is 282 g/mol. The molecule has 1 saturated carbocycles. The highest BCUT2D eigenvalue weighted by Gasteiger charge is 2.37. The zero-order valence-electron chi connectivity index (χ0n) is 11.4. The zero-order chi connectivity index (χ0) is 13.8. The van der Waals surface area contributed by atoms with Crippen LogP contribution in [0.25, 0.3) is 0 Å². The number of hydrogen-bond donors (Lipinski definition) is 2. The van der Waals surface area contributed by atoms with Crippen molar-refractivity contribution in [1.82, 2.24) is 10.3 Å². The molecule has 1 aliphatic carbocycles. The summed E-state index contributed by atoms with van der Waals surface area (Å²) >= 11 is 6.04. The van der Waals surface area contributed by atoms with Gasteiger partial charge in [-0.25, -0.2) is 4.98 Å². The van der Waals surface area contributed by atoms with E-state index in [2.05, 4.69) is 22.5 Å². The summed E-state index contributed by atoms with van der Waals surface area (Å²) in [7, 11) is 0. The normalized spacial score (nSPS) is 21.0. The minimum atomic E-state index is -0.102. The van der Waals surface area contributed by atoms with E-state index in [1.165, 1.54) is 12.6 Å². The number of nitrogens with one attached hydrogen (secondary N) is 2. The van der Waals surface area contributed by atoms with Gasteiger partial charge in [-0.1, -0.05) is 24.9 Å². The van der Waals surface area contributed by atoms with E-state index in [1.807, 2.05) is 6.92 Å². The van der Waals surface area contributed by atoms with Gasteiger partial charge in [0, 0.05) is 18.8 Å². The molecule has 1 amide bonds. The standard InChI is InChI=1S/C14H20ClN3O/c1-3-5-9-6-12(9)18-14(19)10-7-13(16-4-2)17-8-11(10)15/h7-9,12H,3-6H2,1-2H3,(H,16,17)(H,18,19). The largest absolute Gasteiger partial charge is 0.370 e. The van der Waals surface area contributed by atoms with E-state index in [0.717, 1.165) is 19.4 Å². The first-order chi connectivity index (χ1) is 9.15. The molecule has 4 nitrogen and oxygen atoms in total. The molecular formula is C14H20ClN3O. The maximum Gasteiger partial charge on any atom is 0.253 e. The van der Waals surface area contributed by atoms with E-state index in [-0.39, 0.29) is 5.91 Å². The van der Waals surface area contributed by atoms with E-state index in [0.29, 0.717) is 28.4 Å². The molecule has 5 heteroatoms. The lowest BCUT2D eigenvalue weighted by atomic mass is 10.2. The second-order valence-electron chi connectivity index (χ2n) is 4.94. The lowest BCUT2D eigenvalue weighted by Crippen LogP contribution is -2.27. The molecular weight excluding hydrogens is 262 g/mol. The van der Waals surface area contributed by atoms with Crippen LogP contribution in [-0.2, 0) is 0 Å². The molecule has 0 aromatic carbocycles. The fourth-order valence-corrected chi connectivity index (χ4v) is 2.44. The van der Waals surface area contributed by atoms with E-state index >= 15 is 0 Å². The Kier molecular flexibility index (Phi) is 4.64. The monoisotopic (exact) mass is 281 g/mol. The van der Waals surface area contributed by atoms with Crippen LogP contribution in [0.3, 0.4) is 0 Å². The summed E-state index contributed by atoms with van der Waals surface area (Å²) in [5.74, 6) is 1.22. The Morgan fingerprint density at radius 3 is 3.00 bits per heavy atom. The summed E-state index contributed by atoms with van der Waals surface area (Å²) in [6.07, 6.45) is 4.95. The zero-order valence-corrected chi connectivity index (χ0v) is 12.1. The smallest absolute Gasteiger partial charge is 0.253 e. The Labute approximate surface area is 118 Å². The lowest BCUT2D eigenvalue weighted by Gasteiger charge is -2.08. The number of carbonyl (C=O) groups excluding carboxylic acids is 1. The number of rotatable bonds is 6. The van der Waals surface area contributed by atoms with Gasteiger partial charge in [-0.15, -0.1) is 0 Å². The van der Waals surface area contributed by atoms with Crippen LogP contribution >= 0.6 is 11.6 Å². The van der Waals surface area contributed by atoms with Gasteiger partial charge in [-0.05, 0) is 31.7 Å². The quantitative estimate of drug-likeness (QED) is 0.842. The predicted molar refractivity (Wildman–Crippen MR) is 77.7 cm³/mol. The highest BCUT2D eigenvalue weighted by molar-refractivity contribution is 6.33. The molecule has 0 aliphatic heterocycles. The Morgan fingerprint density at radius 1 is 1.53 bits per heavy atom. The molecule has 1 aliphatic rings. The predicted octanol–water partition coefficient (Wildman–Crippen LogP) is 3.09. The lowest BCUT2D eigenvalue weighted by molar-refractivity contribution is 0.0949. The third-order valence-corrected chi connectivity index (χ3v) is 3.66. The number of nitrogens with zero attached hydrogens (tertiary/aromatic N) is 1. The van der Waals surface area contributed by atoms with Crippen molar-refractivity contribution in [3.63, 3.8) is 0 Å². The minimum Gasteiger partial charge on any atom is -0.370 e. The topological polar surface area (TPSA) is 54.0 Å². The molecule has 0 bridgehead atoms. The Balaban J connectivity index is 2.00. The first-order valence-corrected chi connectivity index (χ1v) is 7.23. The Bertz CT molecular complexity index is 464. The second-order valence-corrected chi connectivity index (χ2v) is 5.35. The molecule has 2 N–H and O–H groups in total. The fraction of sp³-hybridized carbons (Fsp3) is 0.571. The SMILES string of the molecule is CCCC1CC1NC(=O)c1cc(NCC)ncc1Cl. The molecule has 19 heavy (non-hydrogen) atoms. The van der Waals surface area contributed by atoms with Crippen LogP contribution in [0.5, 0.6) is 0 Å². The summed E-state index contributed by atoms with van der Waals surface area (Å²) in [5.41, 5.74) is 0.495. The molecule has 0 spiro atoms. The highest BCUT2D eigenvalue weighted by Crippen LogP contribution is 2.35. The Morgan fingerprint density at radius 2 is 2.32 bits per heavy atom. The number of carbonyl (C=O) groups is 1. The molecule has 104 valence electrons. The first-order valence-electron chi connectivity index (χ1n) is 6.86. The number of halogens is 1. The van der Waals surface area contributed by atoms with Crippen molar-refractivity contribution in [1.29, 1.82) is 0 Å². The van der Waals surface area contributed by atoms with Crippen LogP contribution in [0.1, 0.15) is 43.5 Å². The van der Waals surface area contributed by atoms with Crippen molar-refractivity contribution in [3.05, 3.63) is 22.8 Å². The molecule has 1 fully saturated rings. The van der Waals surface area contributed by atoms with E-state index in [9.17, 15) is 4.79 Å². The average Bonchev–Trinajstić information content (AvgIpc) is 3.10. The van der Waals surface area contributed by atoms with Crippen molar-refractivity contribution >= 4 is 23.3 Å². The summed E-state index contributed by atoms with van der Waals surface area (Å²) < 4.78 is 0. The first kappa shape index (κ1) is 14.1. The van der Waals surface area contributed by atoms with Crippen LogP contribution in [0.2, 0.25) is 5.02 Å². The van der Waals surface area contributed by atoms with Gasteiger partial charge in [0.05, 0.1) is 10.6 Å². The van der Waals surface area contributed by atoms with Gasteiger partial charge in [-0.2, -0.15) is 0 Å². The summed E-state index contributed by atoms with van der Waals surface area (Å²) in [5, 5.41) is 6.51. The molecule has 1 aromatic heterocycles. The number of anilines is 1. The van der Waals surface area contributed by atoms with Gasteiger partial charge >= 0.3 is 0 Å². The van der Waals surface area contributed by atoms with Crippen molar-refractivity contribution in [3.8, 4) is 0 Å². The Hall–Kier alpha value is -1.29. The molecule has 2 rings (SSSR count). The summed E-state index contributed by atoms with van der Waals surface area (Å²) in [6, 6.07) is 2.03. The number of pyridine rings is 1.